The molecule has 250 valence electrons. The van der Waals surface area contributed by atoms with E-state index in [-0.39, 0.29) is 22.3 Å². The average molecular weight is 571 g/mol. The van der Waals surface area contributed by atoms with Crippen LogP contribution in [0.5, 0.6) is 0 Å². The maximum absolute atomic E-state index is 2.30. The highest BCUT2D eigenvalue weighted by Gasteiger charge is 1.92. The van der Waals surface area contributed by atoms with Gasteiger partial charge in [0.05, 0.1) is 0 Å². The lowest BCUT2D eigenvalue weighted by molar-refractivity contribution is 0.525. The van der Waals surface area contributed by atoms with E-state index in [9.17, 15) is 0 Å². The standard InChI is InChI=1S/C11H24.C9H20.C9H16.C8H18.3CH4/c1-3-5-7-9-11-10-8-6-4-2;1-4-5-6-7-8-9(2)3;1-3-5-7-9-8-6-4-2;1-3-5-7-8-6-4-2;;;/h3-11H2,1-2H3;9H,4-8H2,1-3H3;5-8H,3-4,9H2,1-2H3;3-8H2,1-2H3;3*1H4/b;;7-5-,8-6-;;;;. The van der Waals surface area contributed by atoms with Crippen LogP contribution in [0.3, 0.4) is 0 Å². The molecule has 0 aliphatic heterocycles. The molecule has 0 aliphatic carbocycles. The van der Waals surface area contributed by atoms with E-state index >= 15 is 0 Å². The van der Waals surface area contributed by atoms with Crippen molar-refractivity contribution in [3.05, 3.63) is 24.3 Å². The highest BCUT2D eigenvalue weighted by Crippen LogP contribution is 2.09. The molecule has 0 aromatic heterocycles. The van der Waals surface area contributed by atoms with Crippen molar-refractivity contribution in [2.45, 2.75) is 232 Å². The topological polar surface area (TPSA) is 0 Å². The van der Waals surface area contributed by atoms with Gasteiger partial charge in [-0.05, 0) is 25.2 Å². The summed E-state index contributed by atoms with van der Waals surface area (Å²) in [6.45, 7) is 20.2. The van der Waals surface area contributed by atoms with Crippen molar-refractivity contribution in [3.8, 4) is 0 Å². The monoisotopic (exact) mass is 571 g/mol. The number of allylic oxidation sites excluding steroid dienone is 4. The predicted molar refractivity (Wildman–Crippen MR) is 199 cm³/mol. The third-order valence-corrected chi connectivity index (χ3v) is 6.38. The van der Waals surface area contributed by atoms with Gasteiger partial charge in [-0.2, -0.15) is 0 Å². The molecule has 0 aromatic carbocycles. The minimum Gasteiger partial charge on any atom is -0.0885 e. The van der Waals surface area contributed by atoms with Crippen LogP contribution in [0.1, 0.15) is 232 Å². The summed E-state index contributed by atoms with van der Waals surface area (Å²) < 4.78 is 0. The molecule has 0 saturated carbocycles. The zero-order chi connectivity index (χ0) is 28.7. The lowest BCUT2D eigenvalue weighted by Crippen LogP contribution is -1.86. The molecule has 0 N–H and O–H groups in total. The van der Waals surface area contributed by atoms with E-state index < -0.39 is 0 Å². The van der Waals surface area contributed by atoms with Gasteiger partial charge >= 0.3 is 0 Å². The number of rotatable bonds is 22. The summed E-state index contributed by atoms with van der Waals surface area (Å²) in [5.74, 6) is 0.904. The minimum atomic E-state index is 0. The van der Waals surface area contributed by atoms with Crippen LogP contribution in [0, 0.1) is 5.92 Å². The van der Waals surface area contributed by atoms with E-state index in [0.717, 1.165) is 25.2 Å². The molecule has 0 radical (unpaired) electrons. The van der Waals surface area contributed by atoms with E-state index in [0.29, 0.717) is 0 Å². The van der Waals surface area contributed by atoms with Crippen molar-refractivity contribution in [2.24, 2.45) is 5.92 Å². The van der Waals surface area contributed by atoms with E-state index in [1.807, 2.05) is 0 Å². The summed E-state index contributed by atoms with van der Waals surface area (Å²) in [6, 6.07) is 0. The minimum absolute atomic E-state index is 0. The first-order valence-electron chi connectivity index (χ1n) is 17.3. The lowest BCUT2D eigenvalue weighted by atomic mass is 10.1. The summed E-state index contributed by atoms with van der Waals surface area (Å²) in [6.07, 6.45) is 40.7. The molecule has 40 heavy (non-hydrogen) atoms. The van der Waals surface area contributed by atoms with Gasteiger partial charge in [0.25, 0.3) is 0 Å². The van der Waals surface area contributed by atoms with E-state index in [2.05, 4.69) is 86.6 Å². The fourth-order valence-corrected chi connectivity index (χ4v) is 3.82. The summed E-state index contributed by atoms with van der Waals surface area (Å²) in [4.78, 5) is 0. The molecule has 0 bridgehead atoms. The maximum atomic E-state index is 2.30. The van der Waals surface area contributed by atoms with Crippen LogP contribution in [-0.4, -0.2) is 0 Å². The van der Waals surface area contributed by atoms with Crippen LogP contribution in [0.25, 0.3) is 0 Å². The maximum Gasteiger partial charge on any atom is -0.0169 e. The number of unbranched alkanes of at least 4 members (excludes halogenated alkanes) is 16. The molecule has 0 nitrogen and oxygen atoms in total. The molecule has 0 amide bonds. The Balaban J connectivity index is -0.0000000713. The molecule has 0 unspecified atom stereocenters. The fraction of sp³-hybridized carbons (Fsp3) is 0.900. The second-order valence-electron chi connectivity index (χ2n) is 11.1. The first kappa shape index (κ1) is 55.4. The van der Waals surface area contributed by atoms with Crippen LogP contribution in [0.15, 0.2) is 24.3 Å². The van der Waals surface area contributed by atoms with Gasteiger partial charge in [-0.25, -0.2) is 0 Å². The molecule has 0 spiro atoms. The molecule has 0 aliphatic rings. The molecule has 0 saturated heterocycles. The normalized spacial score (nSPS) is 9.85. The Labute approximate surface area is 262 Å². The summed E-state index contributed by atoms with van der Waals surface area (Å²) in [5, 5.41) is 0. The van der Waals surface area contributed by atoms with E-state index in [1.165, 1.54) is 128 Å². The molecule has 0 aromatic rings. The van der Waals surface area contributed by atoms with Crippen LogP contribution in [0.4, 0.5) is 0 Å². The number of hydrogen-bond acceptors (Lipinski definition) is 0. The second kappa shape index (κ2) is 62.2. The zero-order valence-corrected chi connectivity index (χ0v) is 28.2. The highest BCUT2D eigenvalue weighted by atomic mass is 14.0. The zero-order valence-electron chi connectivity index (χ0n) is 28.2. The van der Waals surface area contributed by atoms with Crippen molar-refractivity contribution in [3.63, 3.8) is 0 Å². The highest BCUT2D eigenvalue weighted by molar-refractivity contribution is 4.91. The SMILES string of the molecule is C.C.C.CC/C=C\C/C=C\CC.CCCCCCC(C)C.CCCCCCCC.CCCCCCCCCCC. The third kappa shape index (κ3) is 83.2. The van der Waals surface area contributed by atoms with E-state index in [1.54, 1.807) is 0 Å². The van der Waals surface area contributed by atoms with Gasteiger partial charge in [0.15, 0.2) is 0 Å². The smallest absolute Gasteiger partial charge is 0.0169 e. The number of hydrogen-bond donors (Lipinski definition) is 0. The Bertz CT molecular complexity index is 336. The lowest BCUT2D eigenvalue weighted by Gasteiger charge is -2.01. The second-order valence-corrected chi connectivity index (χ2v) is 11.1. The molecule has 0 rings (SSSR count). The fourth-order valence-electron chi connectivity index (χ4n) is 3.82. The van der Waals surface area contributed by atoms with Crippen molar-refractivity contribution >= 4 is 0 Å². The van der Waals surface area contributed by atoms with Crippen molar-refractivity contribution in [1.82, 2.24) is 0 Å². The predicted octanol–water partition coefficient (Wildman–Crippen LogP) is 16.7. The summed E-state index contributed by atoms with van der Waals surface area (Å²) >= 11 is 0. The Morgan fingerprint density at radius 3 is 0.825 bits per heavy atom. The van der Waals surface area contributed by atoms with Crippen LogP contribution in [0.2, 0.25) is 0 Å². The van der Waals surface area contributed by atoms with Gasteiger partial charge in [0.2, 0.25) is 0 Å². The van der Waals surface area contributed by atoms with Crippen molar-refractivity contribution < 1.29 is 0 Å². The first-order chi connectivity index (χ1) is 18.0. The molecule has 0 atom stereocenters. The molecular weight excluding hydrogens is 480 g/mol. The average Bonchev–Trinajstić information content (AvgIpc) is 2.90. The summed E-state index contributed by atoms with van der Waals surface area (Å²) in [5.41, 5.74) is 0. The Hall–Kier alpha value is -0.520. The van der Waals surface area contributed by atoms with Crippen molar-refractivity contribution in [2.75, 3.05) is 0 Å². The summed E-state index contributed by atoms with van der Waals surface area (Å²) in [7, 11) is 0. The Morgan fingerprint density at radius 2 is 0.600 bits per heavy atom. The molecule has 0 fully saturated rings. The Morgan fingerprint density at radius 1 is 0.350 bits per heavy atom. The van der Waals surface area contributed by atoms with Crippen molar-refractivity contribution in [1.29, 1.82) is 0 Å². The van der Waals surface area contributed by atoms with Crippen LogP contribution < -0.4 is 0 Å². The first-order valence-corrected chi connectivity index (χ1v) is 17.3. The third-order valence-electron chi connectivity index (χ3n) is 6.38. The van der Waals surface area contributed by atoms with Gasteiger partial charge in [-0.15, -0.1) is 0 Å². The Kier molecular flexibility index (Phi) is 86.2. The van der Waals surface area contributed by atoms with Gasteiger partial charge in [-0.3, -0.25) is 0 Å². The van der Waals surface area contributed by atoms with Gasteiger partial charge in [0.1, 0.15) is 0 Å². The van der Waals surface area contributed by atoms with Crippen LogP contribution in [-0.2, 0) is 0 Å². The van der Waals surface area contributed by atoms with E-state index in [4.69, 9.17) is 0 Å². The van der Waals surface area contributed by atoms with Crippen LogP contribution >= 0.6 is 0 Å². The van der Waals surface area contributed by atoms with Gasteiger partial charge in [0, 0.05) is 0 Å². The molecule has 0 heteroatoms. The largest absolute Gasteiger partial charge is 0.0885 e. The van der Waals surface area contributed by atoms with Gasteiger partial charge < -0.3 is 0 Å². The quantitative estimate of drug-likeness (QED) is 0.0896. The van der Waals surface area contributed by atoms with Gasteiger partial charge in [-0.1, -0.05) is 237 Å². The molecule has 0 heterocycles. The molecular formula is C40H90.